The number of phenolic OH excluding ortho intramolecular Hbond substituents is 1. The Hall–Kier alpha value is -2.14. The molecule has 0 atom stereocenters. The minimum atomic E-state index is -0.373. The molecule has 0 bridgehead atoms. The van der Waals surface area contributed by atoms with Crippen LogP contribution in [0.1, 0.15) is 16.1 Å². The Morgan fingerprint density at radius 1 is 1.42 bits per heavy atom. The Morgan fingerprint density at radius 2 is 2.21 bits per heavy atom. The maximum absolute atomic E-state index is 11.7. The van der Waals surface area contributed by atoms with Crippen molar-refractivity contribution in [3.63, 3.8) is 0 Å². The summed E-state index contributed by atoms with van der Waals surface area (Å²) in [6.45, 7) is 0.259. The highest BCUT2D eigenvalue weighted by atomic mass is 35.5. The summed E-state index contributed by atoms with van der Waals surface area (Å²) in [5.74, 6) is 0.174. The molecule has 1 aromatic carbocycles. The van der Waals surface area contributed by atoms with Gasteiger partial charge in [0.1, 0.15) is 0 Å². The van der Waals surface area contributed by atoms with Crippen molar-refractivity contribution >= 4 is 17.5 Å². The molecular formula is C13H12ClNO4. The maximum atomic E-state index is 11.7. The zero-order valence-corrected chi connectivity index (χ0v) is 10.9. The molecule has 0 aliphatic carbocycles. The van der Waals surface area contributed by atoms with Crippen molar-refractivity contribution in [2.45, 2.75) is 6.54 Å². The number of aromatic hydroxyl groups is 1. The highest BCUT2D eigenvalue weighted by molar-refractivity contribution is 6.29. The summed E-state index contributed by atoms with van der Waals surface area (Å²) in [5.41, 5.74) is 0.740. The summed E-state index contributed by atoms with van der Waals surface area (Å²) in [7, 11) is 1.47. The Balaban J connectivity index is 1.99. The van der Waals surface area contributed by atoms with Gasteiger partial charge in [0.05, 0.1) is 7.11 Å². The molecule has 0 unspecified atom stereocenters. The zero-order chi connectivity index (χ0) is 13.8. The van der Waals surface area contributed by atoms with E-state index in [1.165, 1.54) is 25.3 Å². The van der Waals surface area contributed by atoms with Gasteiger partial charge >= 0.3 is 0 Å². The number of nitrogens with one attached hydrogen (secondary N) is 1. The van der Waals surface area contributed by atoms with Crippen LogP contribution < -0.4 is 10.1 Å². The molecule has 5 nitrogen and oxygen atoms in total. The fraction of sp³-hybridized carbons (Fsp3) is 0.154. The van der Waals surface area contributed by atoms with Crippen molar-refractivity contribution in [2.75, 3.05) is 7.11 Å². The minimum absolute atomic E-state index is 0.0234. The molecule has 100 valence electrons. The van der Waals surface area contributed by atoms with E-state index in [0.29, 0.717) is 5.75 Å². The van der Waals surface area contributed by atoms with Crippen molar-refractivity contribution in [1.29, 1.82) is 0 Å². The van der Waals surface area contributed by atoms with Gasteiger partial charge in [-0.05, 0) is 41.4 Å². The molecule has 0 saturated carbocycles. The predicted octanol–water partition coefficient (Wildman–Crippen LogP) is 2.58. The Morgan fingerprint density at radius 3 is 2.79 bits per heavy atom. The monoisotopic (exact) mass is 281 g/mol. The standard InChI is InChI=1S/C13H12ClNO4/c1-18-10-3-2-8(6-9(10)16)7-15-13(17)11-4-5-12(14)19-11/h2-6,16H,7H2,1H3,(H,15,17). The van der Waals surface area contributed by atoms with Gasteiger partial charge in [0, 0.05) is 6.54 Å². The predicted molar refractivity (Wildman–Crippen MR) is 69.5 cm³/mol. The number of furan rings is 1. The first kappa shape index (κ1) is 13.3. The number of methoxy groups -OCH3 is 1. The van der Waals surface area contributed by atoms with Crippen molar-refractivity contribution in [1.82, 2.24) is 5.32 Å². The van der Waals surface area contributed by atoms with Crippen LogP contribution in [0.25, 0.3) is 0 Å². The summed E-state index contributed by atoms with van der Waals surface area (Å²) in [4.78, 5) is 11.7. The van der Waals surface area contributed by atoms with Gasteiger partial charge < -0.3 is 19.6 Å². The summed E-state index contributed by atoms with van der Waals surface area (Å²) in [5, 5.41) is 12.4. The molecule has 6 heteroatoms. The van der Waals surface area contributed by atoms with Crippen LogP contribution >= 0.6 is 11.6 Å². The van der Waals surface area contributed by atoms with E-state index in [-0.39, 0.29) is 29.2 Å². The van der Waals surface area contributed by atoms with E-state index in [1.807, 2.05) is 0 Å². The van der Waals surface area contributed by atoms with Gasteiger partial charge in [-0.1, -0.05) is 6.07 Å². The Kier molecular flexibility index (Phi) is 3.97. The van der Waals surface area contributed by atoms with E-state index in [1.54, 1.807) is 12.1 Å². The quantitative estimate of drug-likeness (QED) is 0.903. The maximum Gasteiger partial charge on any atom is 0.287 e. The van der Waals surface area contributed by atoms with Gasteiger partial charge in [0.2, 0.25) is 0 Å². The van der Waals surface area contributed by atoms with Crippen LogP contribution in [0.3, 0.4) is 0 Å². The highest BCUT2D eigenvalue weighted by Gasteiger charge is 2.10. The van der Waals surface area contributed by atoms with Crippen molar-refractivity contribution < 1.29 is 19.1 Å². The van der Waals surface area contributed by atoms with Gasteiger partial charge in [-0.3, -0.25) is 4.79 Å². The first-order chi connectivity index (χ1) is 9.10. The summed E-state index contributed by atoms with van der Waals surface area (Å²) in [6.07, 6.45) is 0. The molecule has 0 aliphatic heterocycles. The van der Waals surface area contributed by atoms with E-state index < -0.39 is 0 Å². The molecule has 2 aromatic rings. The number of carbonyl (C=O) groups excluding carboxylic acids is 1. The molecule has 0 saturated heterocycles. The van der Waals surface area contributed by atoms with Gasteiger partial charge in [-0.15, -0.1) is 0 Å². The van der Waals surface area contributed by atoms with E-state index >= 15 is 0 Å². The Labute approximate surface area is 114 Å². The van der Waals surface area contributed by atoms with E-state index in [0.717, 1.165) is 5.56 Å². The lowest BCUT2D eigenvalue weighted by Crippen LogP contribution is -2.22. The van der Waals surface area contributed by atoms with Crippen LogP contribution in [0.5, 0.6) is 11.5 Å². The fourth-order valence-corrected chi connectivity index (χ4v) is 1.70. The van der Waals surface area contributed by atoms with Crippen LogP contribution in [0, 0.1) is 0 Å². The summed E-state index contributed by atoms with van der Waals surface area (Å²) < 4.78 is 9.91. The van der Waals surface area contributed by atoms with E-state index in [4.69, 9.17) is 20.8 Å². The molecule has 2 rings (SSSR count). The topological polar surface area (TPSA) is 71.7 Å². The second-order valence-electron chi connectivity index (χ2n) is 3.79. The number of hydrogen-bond acceptors (Lipinski definition) is 4. The molecule has 0 fully saturated rings. The molecule has 0 radical (unpaired) electrons. The van der Waals surface area contributed by atoms with Gasteiger partial charge in [0.15, 0.2) is 22.5 Å². The number of amides is 1. The highest BCUT2D eigenvalue weighted by Crippen LogP contribution is 2.26. The zero-order valence-electron chi connectivity index (χ0n) is 10.1. The number of rotatable bonds is 4. The number of hydrogen-bond donors (Lipinski definition) is 2. The van der Waals surface area contributed by atoms with Crippen LogP contribution in [-0.4, -0.2) is 18.1 Å². The van der Waals surface area contributed by atoms with Crippen molar-refractivity contribution in [3.8, 4) is 11.5 Å². The third-order valence-electron chi connectivity index (χ3n) is 2.49. The van der Waals surface area contributed by atoms with Crippen LogP contribution in [0.15, 0.2) is 34.7 Å². The minimum Gasteiger partial charge on any atom is -0.504 e. The van der Waals surface area contributed by atoms with Gasteiger partial charge in [0.25, 0.3) is 5.91 Å². The summed E-state index contributed by atoms with van der Waals surface area (Å²) >= 11 is 5.58. The van der Waals surface area contributed by atoms with Crippen molar-refractivity contribution in [2.24, 2.45) is 0 Å². The molecule has 1 amide bonds. The fourth-order valence-electron chi connectivity index (χ4n) is 1.55. The smallest absolute Gasteiger partial charge is 0.287 e. The number of ether oxygens (including phenoxy) is 1. The van der Waals surface area contributed by atoms with Gasteiger partial charge in [-0.25, -0.2) is 0 Å². The van der Waals surface area contributed by atoms with E-state index in [2.05, 4.69) is 5.32 Å². The molecule has 0 spiro atoms. The number of carbonyl (C=O) groups is 1. The second-order valence-corrected chi connectivity index (χ2v) is 4.17. The Bertz CT molecular complexity index is 594. The largest absolute Gasteiger partial charge is 0.504 e. The van der Waals surface area contributed by atoms with Crippen LogP contribution in [-0.2, 0) is 6.54 Å². The lowest BCUT2D eigenvalue weighted by atomic mass is 10.2. The first-order valence-corrected chi connectivity index (χ1v) is 5.87. The molecule has 1 aromatic heterocycles. The van der Waals surface area contributed by atoms with Crippen molar-refractivity contribution in [3.05, 3.63) is 46.9 Å². The molecule has 1 heterocycles. The van der Waals surface area contributed by atoms with Crippen LogP contribution in [0.4, 0.5) is 0 Å². The third kappa shape index (κ3) is 3.20. The molecule has 2 N–H and O–H groups in total. The lowest BCUT2D eigenvalue weighted by Gasteiger charge is -2.07. The first-order valence-electron chi connectivity index (χ1n) is 5.49. The second kappa shape index (κ2) is 5.67. The molecular weight excluding hydrogens is 270 g/mol. The SMILES string of the molecule is COc1ccc(CNC(=O)c2ccc(Cl)o2)cc1O. The average molecular weight is 282 g/mol. The average Bonchev–Trinajstić information content (AvgIpc) is 2.83. The molecule has 0 aliphatic rings. The van der Waals surface area contributed by atoms with E-state index in [9.17, 15) is 9.90 Å². The number of phenols is 1. The van der Waals surface area contributed by atoms with Gasteiger partial charge in [-0.2, -0.15) is 0 Å². The lowest BCUT2D eigenvalue weighted by molar-refractivity contribution is 0.0923. The third-order valence-corrected chi connectivity index (χ3v) is 2.70. The molecule has 19 heavy (non-hydrogen) atoms. The normalized spacial score (nSPS) is 10.2. The summed E-state index contributed by atoms with van der Waals surface area (Å²) in [6, 6.07) is 7.88. The van der Waals surface area contributed by atoms with Crippen LogP contribution in [0.2, 0.25) is 5.22 Å². The number of halogens is 1. The number of benzene rings is 1.